The molecule has 0 fully saturated rings. The van der Waals surface area contributed by atoms with Gasteiger partial charge in [-0.3, -0.25) is 0 Å². The van der Waals surface area contributed by atoms with Crippen LogP contribution in [0.2, 0.25) is 0 Å². The van der Waals surface area contributed by atoms with Gasteiger partial charge >= 0.3 is 5.97 Å². The fourth-order valence-corrected chi connectivity index (χ4v) is 0.904. The lowest BCUT2D eigenvalue weighted by Gasteiger charge is -2.06. The van der Waals surface area contributed by atoms with Crippen LogP contribution in [0.4, 0.5) is 0 Å². The molecule has 0 saturated carbocycles. The number of carbonyl (C=O) groups excluding carboxylic acids is 1. The molecule has 0 N–H and O–H groups in total. The van der Waals surface area contributed by atoms with Gasteiger partial charge in [0.1, 0.15) is 12.4 Å². The number of carbonyl (C=O) groups is 1. The molecule has 0 aliphatic carbocycles. The molecule has 0 spiro atoms. The molecule has 0 bridgehead atoms. The summed E-state index contributed by atoms with van der Waals surface area (Å²) >= 11 is 0. The zero-order valence-corrected chi connectivity index (χ0v) is 8.73. The minimum atomic E-state index is -0.387. The summed E-state index contributed by atoms with van der Waals surface area (Å²) in [5, 5.41) is 0. The highest BCUT2D eigenvalue weighted by atomic mass is 16.6. The summed E-state index contributed by atoms with van der Waals surface area (Å²) < 4.78 is 10.1. The Kier molecular flexibility index (Phi) is 4.41. The van der Waals surface area contributed by atoms with Gasteiger partial charge in [0.25, 0.3) is 0 Å². The summed E-state index contributed by atoms with van der Waals surface area (Å²) in [6, 6.07) is 9.13. The fraction of sp³-hybridized carbons (Fsp3) is 0.250. The normalized spacial score (nSPS) is 9.40. The van der Waals surface area contributed by atoms with Crippen molar-refractivity contribution in [3.8, 4) is 5.75 Å². The standard InChI is InChI=1S/C12H14O3/c1-10(2)8-15-12(13)9-14-11-6-4-3-5-7-11/h3-7H,1,8-9H2,2H3. The van der Waals surface area contributed by atoms with E-state index < -0.39 is 0 Å². The predicted octanol–water partition coefficient (Wildman–Crippen LogP) is 2.18. The topological polar surface area (TPSA) is 35.5 Å². The van der Waals surface area contributed by atoms with Crippen molar-refractivity contribution in [2.24, 2.45) is 0 Å². The average Bonchev–Trinajstić information content (AvgIpc) is 2.25. The summed E-state index contributed by atoms with van der Waals surface area (Å²) in [5.41, 5.74) is 0.808. The summed E-state index contributed by atoms with van der Waals surface area (Å²) in [4.78, 5) is 11.1. The first-order valence-corrected chi connectivity index (χ1v) is 4.66. The van der Waals surface area contributed by atoms with E-state index in [1.807, 2.05) is 18.2 Å². The molecule has 0 radical (unpaired) electrons. The van der Waals surface area contributed by atoms with Gasteiger partial charge in [-0.25, -0.2) is 4.79 Å². The molecule has 1 rings (SSSR count). The number of esters is 1. The number of ether oxygens (including phenoxy) is 2. The zero-order chi connectivity index (χ0) is 11.1. The first-order valence-electron chi connectivity index (χ1n) is 4.66. The lowest BCUT2D eigenvalue weighted by atomic mass is 10.3. The van der Waals surface area contributed by atoms with Crippen molar-refractivity contribution in [1.29, 1.82) is 0 Å². The van der Waals surface area contributed by atoms with E-state index in [1.54, 1.807) is 19.1 Å². The van der Waals surface area contributed by atoms with Gasteiger partial charge in [0, 0.05) is 0 Å². The molecule has 0 aliphatic rings. The Morgan fingerprint density at radius 3 is 2.53 bits per heavy atom. The summed E-state index contributed by atoms with van der Waals surface area (Å²) in [6.45, 7) is 5.60. The molecule has 3 heteroatoms. The van der Waals surface area contributed by atoms with Crippen LogP contribution in [-0.2, 0) is 9.53 Å². The van der Waals surface area contributed by atoms with E-state index in [9.17, 15) is 4.79 Å². The Morgan fingerprint density at radius 2 is 1.93 bits per heavy atom. The van der Waals surface area contributed by atoms with Crippen molar-refractivity contribution in [2.45, 2.75) is 6.92 Å². The van der Waals surface area contributed by atoms with Crippen molar-refractivity contribution in [1.82, 2.24) is 0 Å². The van der Waals surface area contributed by atoms with Gasteiger partial charge in [-0.1, -0.05) is 24.8 Å². The van der Waals surface area contributed by atoms with E-state index in [0.29, 0.717) is 5.75 Å². The van der Waals surface area contributed by atoms with Crippen LogP contribution in [0.1, 0.15) is 6.92 Å². The highest BCUT2D eigenvalue weighted by Crippen LogP contribution is 2.07. The van der Waals surface area contributed by atoms with E-state index in [1.165, 1.54) is 0 Å². The molecular formula is C12H14O3. The molecular weight excluding hydrogens is 192 g/mol. The maximum absolute atomic E-state index is 11.1. The Hall–Kier alpha value is -1.77. The van der Waals surface area contributed by atoms with Gasteiger partial charge in [-0.05, 0) is 24.6 Å². The molecule has 1 aromatic rings. The Balaban J connectivity index is 2.26. The second-order valence-electron chi connectivity index (χ2n) is 3.22. The van der Waals surface area contributed by atoms with Gasteiger partial charge in [-0.15, -0.1) is 0 Å². The average molecular weight is 206 g/mol. The second kappa shape index (κ2) is 5.86. The van der Waals surface area contributed by atoms with Crippen LogP contribution in [0, 0.1) is 0 Å². The molecule has 0 heterocycles. The molecule has 1 aromatic carbocycles. The third kappa shape index (κ3) is 4.86. The summed E-state index contributed by atoms with van der Waals surface area (Å²) in [5.74, 6) is 0.270. The Bertz CT molecular complexity index is 330. The van der Waals surface area contributed by atoms with E-state index in [2.05, 4.69) is 6.58 Å². The Morgan fingerprint density at radius 1 is 1.27 bits per heavy atom. The molecule has 0 amide bonds. The predicted molar refractivity (Wildman–Crippen MR) is 57.7 cm³/mol. The van der Waals surface area contributed by atoms with Crippen LogP contribution in [0.3, 0.4) is 0 Å². The van der Waals surface area contributed by atoms with Crippen molar-refractivity contribution in [3.05, 3.63) is 42.5 Å². The van der Waals surface area contributed by atoms with Gasteiger partial charge < -0.3 is 9.47 Å². The third-order valence-electron chi connectivity index (χ3n) is 1.58. The summed E-state index contributed by atoms with van der Waals surface area (Å²) in [6.07, 6.45) is 0. The first kappa shape index (κ1) is 11.3. The fourth-order valence-electron chi connectivity index (χ4n) is 0.904. The minimum Gasteiger partial charge on any atom is -0.482 e. The van der Waals surface area contributed by atoms with Crippen molar-refractivity contribution in [2.75, 3.05) is 13.2 Å². The zero-order valence-electron chi connectivity index (χ0n) is 8.73. The van der Waals surface area contributed by atoms with Crippen LogP contribution in [-0.4, -0.2) is 19.2 Å². The maximum Gasteiger partial charge on any atom is 0.344 e. The lowest BCUT2D eigenvalue weighted by Crippen LogP contribution is -2.15. The highest BCUT2D eigenvalue weighted by molar-refractivity contribution is 5.71. The second-order valence-corrected chi connectivity index (χ2v) is 3.22. The number of rotatable bonds is 5. The van der Waals surface area contributed by atoms with Crippen LogP contribution < -0.4 is 4.74 Å². The van der Waals surface area contributed by atoms with E-state index in [-0.39, 0.29) is 19.2 Å². The summed E-state index contributed by atoms with van der Waals surface area (Å²) in [7, 11) is 0. The minimum absolute atomic E-state index is 0.0721. The van der Waals surface area contributed by atoms with Crippen molar-refractivity contribution >= 4 is 5.97 Å². The largest absolute Gasteiger partial charge is 0.482 e. The molecule has 15 heavy (non-hydrogen) atoms. The van der Waals surface area contributed by atoms with Crippen LogP contribution in [0.15, 0.2) is 42.5 Å². The molecule has 0 saturated heterocycles. The smallest absolute Gasteiger partial charge is 0.344 e. The van der Waals surface area contributed by atoms with Crippen LogP contribution in [0.25, 0.3) is 0 Å². The van der Waals surface area contributed by atoms with E-state index >= 15 is 0 Å². The highest BCUT2D eigenvalue weighted by Gasteiger charge is 2.03. The Labute approximate surface area is 89.3 Å². The molecule has 80 valence electrons. The molecule has 0 aromatic heterocycles. The van der Waals surface area contributed by atoms with E-state index in [4.69, 9.17) is 9.47 Å². The van der Waals surface area contributed by atoms with Gasteiger partial charge in [-0.2, -0.15) is 0 Å². The van der Waals surface area contributed by atoms with Gasteiger partial charge in [0.2, 0.25) is 0 Å². The van der Waals surface area contributed by atoms with E-state index in [0.717, 1.165) is 5.57 Å². The molecule has 0 atom stereocenters. The van der Waals surface area contributed by atoms with Crippen molar-refractivity contribution in [3.63, 3.8) is 0 Å². The molecule has 3 nitrogen and oxygen atoms in total. The first-order chi connectivity index (χ1) is 7.18. The van der Waals surface area contributed by atoms with Crippen LogP contribution in [0.5, 0.6) is 5.75 Å². The van der Waals surface area contributed by atoms with Crippen LogP contribution >= 0.6 is 0 Å². The van der Waals surface area contributed by atoms with Gasteiger partial charge in [0.05, 0.1) is 0 Å². The number of benzene rings is 1. The number of para-hydroxylation sites is 1. The monoisotopic (exact) mass is 206 g/mol. The lowest BCUT2D eigenvalue weighted by molar-refractivity contribution is -0.145. The molecule has 0 unspecified atom stereocenters. The number of hydrogen-bond acceptors (Lipinski definition) is 3. The van der Waals surface area contributed by atoms with Crippen molar-refractivity contribution < 1.29 is 14.3 Å². The van der Waals surface area contributed by atoms with Gasteiger partial charge in [0.15, 0.2) is 6.61 Å². The third-order valence-corrected chi connectivity index (χ3v) is 1.58. The quantitative estimate of drug-likeness (QED) is 0.547. The SMILES string of the molecule is C=C(C)COC(=O)COc1ccccc1. The molecule has 0 aliphatic heterocycles. The maximum atomic E-state index is 11.1. The number of hydrogen-bond donors (Lipinski definition) is 0.